The van der Waals surface area contributed by atoms with Gasteiger partial charge in [-0.2, -0.15) is 0 Å². The highest BCUT2D eigenvalue weighted by atomic mass is 16.6. The maximum Gasteiger partial charge on any atom is 0.344 e. The highest BCUT2D eigenvalue weighted by Crippen LogP contribution is 2.16. The van der Waals surface area contributed by atoms with Crippen molar-refractivity contribution in [3.63, 3.8) is 0 Å². The van der Waals surface area contributed by atoms with Gasteiger partial charge < -0.3 is 9.47 Å². The molecule has 2 aromatic carbocycles. The van der Waals surface area contributed by atoms with E-state index in [-0.39, 0.29) is 12.4 Å². The lowest BCUT2D eigenvalue weighted by Crippen LogP contribution is -2.27. The van der Waals surface area contributed by atoms with Crippen LogP contribution in [-0.2, 0) is 9.53 Å². The molecule has 1 unspecified atom stereocenters. The molecule has 0 aliphatic rings. The summed E-state index contributed by atoms with van der Waals surface area (Å²) in [5.74, 6) is -0.197. The summed E-state index contributed by atoms with van der Waals surface area (Å²) in [6.07, 6.45) is -0.840. The minimum absolute atomic E-state index is 0.227. The largest absolute Gasteiger partial charge is 0.482 e. The van der Waals surface area contributed by atoms with E-state index in [1.165, 1.54) is 0 Å². The molecule has 0 radical (unpaired) electrons. The molecular weight excluding hydrogens is 292 g/mol. The third-order valence-electron chi connectivity index (χ3n) is 3.57. The summed E-state index contributed by atoms with van der Waals surface area (Å²) in [6, 6.07) is 14.3. The number of hydrogen-bond acceptors (Lipinski definition) is 4. The summed E-state index contributed by atoms with van der Waals surface area (Å²) in [4.78, 5) is 23.9. The lowest BCUT2D eigenvalue weighted by Gasteiger charge is -2.13. The van der Waals surface area contributed by atoms with Crippen LogP contribution in [0.15, 0.2) is 48.5 Å². The van der Waals surface area contributed by atoms with Crippen LogP contribution < -0.4 is 4.74 Å². The SMILES string of the molecule is Cc1ccc(OCC(=O)OC(C)C(=O)c2ccccc2)cc1C. The highest BCUT2D eigenvalue weighted by Gasteiger charge is 2.19. The summed E-state index contributed by atoms with van der Waals surface area (Å²) < 4.78 is 10.5. The predicted molar refractivity (Wildman–Crippen MR) is 87.7 cm³/mol. The molecule has 23 heavy (non-hydrogen) atoms. The van der Waals surface area contributed by atoms with Gasteiger partial charge in [-0.3, -0.25) is 4.79 Å². The number of ether oxygens (including phenoxy) is 2. The number of carbonyl (C=O) groups excluding carboxylic acids is 2. The molecule has 0 aromatic heterocycles. The Bertz CT molecular complexity index is 692. The lowest BCUT2D eigenvalue weighted by atomic mass is 10.1. The summed E-state index contributed by atoms with van der Waals surface area (Å²) in [6.45, 7) is 5.31. The van der Waals surface area contributed by atoms with Crippen LogP contribution in [0.1, 0.15) is 28.4 Å². The summed E-state index contributed by atoms with van der Waals surface area (Å²) in [5.41, 5.74) is 2.76. The molecule has 0 N–H and O–H groups in total. The number of esters is 1. The van der Waals surface area contributed by atoms with Crippen LogP contribution in [0.25, 0.3) is 0 Å². The molecule has 0 amide bonds. The molecule has 0 bridgehead atoms. The van der Waals surface area contributed by atoms with Crippen molar-refractivity contribution in [1.82, 2.24) is 0 Å². The van der Waals surface area contributed by atoms with Gasteiger partial charge in [-0.15, -0.1) is 0 Å². The van der Waals surface area contributed by atoms with E-state index >= 15 is 0 Å². The first kappa shape index (κ1) is 16.7. The van der Waals surface area contributed by atoms with Crippen molar-refractivity contribution in [3.8, 4) is 5.75 Å². The summed E-state index contributed by atoms with van der Waals surface area (Å²) in [7, 11) is 0. The maximum atomic E-state index is 12.1. The second-order valence-electron chi connectivity index (χ2n) is 5.40. The van der Waals surface area contributed by atoms with Crippen LogP contribution in [0.3, 0.4) is 0 Å². The fraction of sp³-hybridized carbons (Fsp3) is 0.263. The van der Waals surface area contributed by atoms with Crippen molar-refractivity contribution in [2.24, 2.45) is 0 Å². The van der Waals surface area contributed by atoms with E-state index in [2.05, 4.69) is 0 Å². The number of rotatable bonds is 6. The second kappa shape index (κ2) is 7.58. The van der Waals surface area contributed by atoms with Gasteiger partial charge in [0.05, 0.1) is 0 Å². The van der Waals surface area contributed by atoms with Crippen molar-refractivity contribution in [2.45, 2.75) is 26.9 Å². The Hall–Kier alpha value is -2.62. The van der Waals surface area contributed by atoms with Crippen LogP contribution in [0.4, 0.5) is 0 Å². The van der Waals surface area contributed by atoms with Gasteiger partial charge in [0.1, 0.15) is 5.75 Å². The van der Waals surface area contributed by atoms with Gasteiger partial charge in [-0.1, -0.05) is 36.4 Å². The monoisotopic (exact) mass is 312 g/mol. The Balaban J connectivity index is 1.86. The zero-order chi connectivity index (χ0) is 16.8. The summed E-state index contributed by atoms with van der Waals surface area (Å²) >= 11 is 0. The van der Waals surface area contributed by atoms with Gasteiger partial charge in [-0.25, -0.2) is 4.79 Å². The minimum atomic E-state index is -0.840. The number of ketones is 1. The molecule has 120 valence electrons. The van der Waals surface area contributed by atoms with E-state index < -0.39 is 12.1 Å². The van der Waals surface area contributed by atoms with Crippen molar-refractivity contribution >= 4 is 11.8 Å². The molecule has 0 aliphatic heterocycles. The van der Waals surface area contributed by atoms with Gasteiger partial charge in [0.25, 0.3) is 0 Å². The molecule has 0 spiro atoms. The van der Waals surface area contributed by atoms with Gasteiger partial charge in [-0.05, 0) is 44.0 Å². The average Bonchev–Trinajstić information content (AvgIpc) is 2.56. The number of carbonyl (C=O) groups is 2. The smallest absolute Gasteiger partial charge is 0.344 e. The van der Waals surface area contributed by atoms with E-state index in [1.54, 1.807) is 37.3 Å². The van der Waals surface area contributed by atoms with Gasteiger partial charge >= 0.3 is 5.97 Å². The lowest BCUT2D eigenvalue weighted by molar-refractivity contribution is -0.148. The molecule has 2 rings (SSSR count). The maximum absolute atomic E-state index is 12.1. The van der Waals surface area contributed by atoms with Crippen LogP contribution in [0, 0.1) is 13.8 Å². The van der Waals surface area contributed by atoms with Crippen LogP contribution in [0.5, 0.6) is 5.75 Å². The highest BCUT2D eigenvalue weighted by molar-refractivity contribution is 6.00. The molecule has 0 aliphatic carbocycles. The Morgan fingerprint density at radius 3 is 2.35 bits per heavy atom. The normalized spacial score (nSPS) is 11.6. The average molecular weight is 312 g/mol. The third kappa shape index (κ3) is 4.68. The van der Waals surface area contributed by atoms with E-state index in [0.29, 0.717) is 11.3 Å². The molecule has 4 nitrogen and oxygen atoms in total. The Morgan fingerprint density at radius 2 is 1.70 bits per heavy atom. The van der Waals surface area contributed by atoms with Crippen molar-refractivity contribution in [1.29, 1.82) is 0 Å². The van der Waals surface area contributed by atoms with Crippen LogP contribution >= 0.6 is 0 Å². The summed E-state index contributed by atoms with van der Waals surface area (Å²) in [5, 5.41) is 0. The van der Waals surface area contributed by atoms with Crippen molar-refractivity contribution in [3.05, 3.63) is 65.2 Å². The molecular formula is C19H20O4. The molecule has 2 aromatic rings. The predicted octanol–water partition coefficient (Wildman–Crippen LogP) is 3.50. The number of benzene rings is 2. The molecule has 1 atom stereocenters. The van der Waals surface area contributed by atoms with Gasteiger partial charge in [0, 0.05) is 5.56 Å². The van der Waals surface area contributed by atoms with Crippen molar-refractivity contribution < 1.29 is 19.1 Å². The fourth-order valence-corrected chi connectivity index (χ4v) is 2.07. The first-order valence-corrected chi connectivity index (χ1v) is 7.46. The van der Waals surface area contributed by atoms with Crippen molar-refractivity contribution in [2.75, 3.05) is 6.61 Å². The topological polar surface area (TPSA) is 52.6 Å². The first-order valence-electron chi connectivity index (χ1n) is 7.46. The van der Waals surface area contributed by atoms with Gasteiger partial charge in [0.2, 0.25) is 5.78 Å². The Kier molecular flexibility index (Phi) is 5.52. The Morgan fingerprint density at radius 1 is 1.00 bits per heavy atom. The zero-order valence-corrected chi connectivity index (χ0v) is 13.5. The zero-order valence-electron chi connectivity index (χ0n) is 13.5. The number of Topliss-reactive ketones (excluding diaryl/α,β-unsaturated/α-hetero) is 1. The second-order valence-corrected chi connectivity index (χ2v) is 5.40. The Labute approximate surface area is 136 Å². The van der Waals surface area contributed by atoms with Crippen LogP contribution in [0.2, 0.25) is 0 Å². The van der Waals surface area contributed by atoms with Gasteiger partial charge in [0.15, 0.2) is 12.7 Å². The molecule has 4 heteroatoms. The first-order chi connectivity index (χ1) is 11.0. The van der Waals surface area contributed by atoms with Crippen LogP contribution in [-0.4, -0.2) is 24.5 Å². The molecule has 0 saturated heterocycles. The fourth-order valence-electron chi connectivity index (χ4n) is 2.07. The number of hydrogen-bond donors (Lipinski definition) is 0. The third-order valence-corrected chi connectivity index (χ3v) is 3.57. The molecule has 0 heterocycles. The molecule has 0 saturated carbocycles. The quantitative estimate of drug-likeness (QED) is 0.605. The van der Waals surface area contributed by atoms with E-state index in [0.717, 1.165) is 11.1 Å². The number of aryl methyl sites for hydroxylation is 2. The van der Waals surface area contributed by atoms with E-state index in [4.69, 9.17) is 9.47 Å². The van der Waals surface area contributed by atoms with E-state index in [9.17, 15) is 9.59 Å². The molecule has 0 fully saturated rings. The standard InChI is InChI=1S/C19H20O4/c1-13-9-10-17(11-14(13)2)22-12-18(20)23-15(3)19(21)16-7-5-4-6-8-16/h4-11,15H,12H2,1-3H3. The van der Waals surface area contributed by atoms with E-state index in [1.807, 2.05) is 32.0 Å². The minimum Gasteiger partial charge on any atom is -0.482 e.